The Hall–Kier alpha value is -1.59. The highest BCUT2D eigenvalue weighted by Crippen LogP contribution is 2.33. The number of nitrogens with zero attached hydrogens (tertiary/aromatic N) is 1. The number of hydrogen-bond donors (Lipinski definition) is 2. The third-order valence-electron chi connectivity index (χ3n) is 5.18. The molecule has 0 saturated carbocycles. The Morgan fingerprint density at radius 3 is 2.52 bits per heavy atom. The molecular weight excluding hydrogens is 362 g/mol. The maximum atomic E-state index is 6.10. The molecule has 164 valence electrons. The molecule has 1 aliphatic rings. The Labute approximate surface area is 177 Å². The van der Waals surface area contributed by atoms with E-state index in [0.717, 1.165) is 32.1 Å². The van der Waals surface area contributed by atoms with Crippen LogP contribution < -0.4 is 10.6 Å². The maximum absolute atomic E-state index is 6.10. The van der Waals surface area contributed by atoms with Gasteiger partial charge < -0.3 is 20.1 Å². The van der Waals surface area contributed by atoms with Crippen molar-refractivity contribution in [3.63, 3.8) is 0 Å². The zero-order chi connectivity index (χ0) is 21.5. The van der Waals surface area contributed by atoms with Crippen molar-refractivity contribution in [3.8, 4) is 0 Å². The Balaban J connectivity index is 1.86. The molecule has 0 bridgehead atoms. The third kappa shape index (κ3) is 8.35. The topological polar surface area (TPSA) is 54.9 Å². The third-order valence-corrected chi connectivity index (χ3v) is 5.18. The molecular formula is C24H41N3O2. The quantitative estimate of drug-likeness (QED) is 0.542. The lowest BCUT2D eigenvalue weighted by Crippen LogP contribution is -2.47. The van der Waals surface area contributed by atoms with E-state index in [1.165, 1.54) is 17.5 Å². The highest BCUT2D eigenvalue weighted by molar-refractivity contribution is 5.79. The molecule has 0 spiro atoms. The van der Waals surface area contributed by atoms with Crippen molar-refractivity contribution in [1.29, 1.82) is 0 Å². The van der Waals surface area contributed by atoms with Crippen LogP contribution in [0, 0.1) is 11.3 Å². The van der Waals surface area contributed by atoms with Crippen molar-refractivity contribution in [2.24, 2.45) is 16.3 Å². The van der Waals surface area contributed by atoms with Crippen LogP contribution in [-0.2, 0) is 22.6 Å². The minimum absolute atomic E-state index is 0.131. The molecule has 0 radical (unpaired) electrons. The zero-order valence-corrected chi connectivity index (χ0v) is 19.5. The minimum atomic E-state index is -0.131. The molecule has 1 heterocycles. The lowest BCUT2D eigenvalue weighted by Gasteiger charge is -2.40. The van der Waals surface area contributed by atoms with Gasteiger partial charge in [-0.2, -0.15) is 0 Å². The van der Waals surface area contributed by atoms with Gasteiger partial charge in [0.25, 0.3) is 0 Å². The number of aliphatic imine (C=N–C) groups is 1. The van der Waals surface area contributed by atoms with Crippen molar-refractivity contribution in [2.75, 3.05) is 20.2 Å². The summed E-state index contributed by atoms with van der Waals surface area (Å²) >= 11 is 0. The summed E-state index contributed by atoms with van der Waals surface area (Å²) in [5.41, 5.74) is 2.43. The first-order chi connectivity index (χ1) is 13.6. The first-order valence-electron chi connectivity index (χ1n) is 10.9. The van der Waals surface area contributed by atoms with Gasteiger partial charge >= 0.3 is 0 Å². The van der Waals surface area contributed by atoms with E-state index in [2.05, 4.69) is 81.4 Å². The monoisotopic (exact) mass is 403 g/mol. The summed E-state index contributed by atoms with van der Waals surface area (Å²) in [5.74, 6) is 1.33. The van der Waals surface area contributed by atoms with Crippen molar-refractivity contribution in [3.05, 3.63) is 35.4 Å². The number of nitrogens with one attached hydrogen (secondary N) is 2. The van der Waals surface area contributed by atoms with E-state index in [1.54, 1.807) is 0 Å². The van der Waals surface area contributed by atoms with Gasteiger partial charge in [-0.25, -0.2) is 0 Å². The molecule has 0 amide bonds. The van der Waals surface area contributed by atoms with Crippen LogP contribution in [0.2, 0.25) is 0 Å². The molecule has 0 aromatic heterocycles. The van der Waals surface area contributed by atoms with Gasteiger partial charge in [-0.3, -0.25) is 4.99 Å². The standard InChI is InChI=1S/C24H41N3O2/c1-23(2,3)21-20(12-9-13-28-21)16-27-22(25-7)26-15-18-10-8-11-19(14-18)17-29-24(4,5)6/h8,10-11,14,20-21H,9,12-13,15-17H2,1-7H3,(H2,25,26,27). The average molecular weight is 404 g/mol. The van der Waals surface area contributed by atoms with Crippen LogP contribution in [0.5, 0.6) is 0 Å². The first kappa shape index (κ1) is 23.7. The second kappa shape index (κ2) is 10.4. The Morgan fingerprint density at radius 2 is 1.86 bits per heavy atom. The van der Waals surface area contributed by atoms with E-state index < -0.39 is 0 Å². The largest absolute Gasteiger partial charge is 0.377 e. The van der Waals surface area contributed by atoms with Crippen LogP contribution in [0.3, 0.4) is 0 Å². The molecule has 1 aromatic carbocycles. The van der Waals surface area contributed by atoms with Crippen molar-refractivity contribution < 1.29 is 9.47 Å². The Kier molecular flexibility index (Phi) is 8.53. The number of ether oxygens (including phenoxy) is 2. The van der Waals surface area contributed by atoms with Crippen LogP contribution in [0.4, 0.5) is 0 Å². The Bertz CT molecular complexity index is 659. The molecule has 1 aliphatic heterocycles. The number of hydrogen-bond acceptors (Lipinski definition) is 3. The smallest absolute Gasteiger partial charge is 0.191 e. The lowest BCUT2D eigenvalue weighted by atomic mass is 9.78. The lowest BCUT2D eigenvalue weighted by molar-refractivity contribution is -0.0835. The molecule has 5 nitrogen and oxygen atoms in total. The van der Waals surface area contributed by atoms with Gasteiger partial charge in [-0.05, 0) is 50.2 Å². The van der Waals surface area contributed by atoms with Crippen LogP contribution in [0.25, 0.3) is 0 Å². The summed E-state index contributed by atoms with van der Waals surface area (Å²) in [6, 6.07) is 8.52. The number of benzene rings is 1. The number of rotatable bonds is 6. The SMILES string of the molecule is CN=C(NCc1cccc(COC(C)(C)C)c1)NCC1CCCOC1C(C)(C)C. The summed E-state index contributed by atoms with van der Waals surface area (Å²) in [6.45, 7) is 16.1. The van der Waals surface area contributed by atoms with Gasteiger partial charge in [-0.1, -0.05) is 45.0 Å². The molecule has 0 aliphatic carbocycles. The van der Waals surface area contributed by atoms with Crippen LogP contribution in [-0.4, -0.2) is 37.9 Å². The van der Waals surface area contributed by atoms with E-state index in [0.29, 0.717) is 12.5 Å². The molecule has 2 unspecified atom stereocenters. The van der Waals surface area contributed by atoms with Gasteiger partial charge in [0, 0.05) is 32.7 Å². The molecule has 2 atom stereocenters. The summed E-state index contributed by atoms with van der Waals surface area (Å²) in [6.07, 6.45) is 2.61. The summed E-state index contributed by atoms with van der Waals surface area (Å²) < 4.78 is 12.0. The molecule has 29 heavy (non-hydrogen) atoms. The summed E-state index contributed by atoms with van der Waals surface area (Å²) in [4.78, 5) is 4.39. The van der Waals surface area contributed by atoms with Crippen molar-refractivity contribution >= 4 is 5.96 Å². The molecule has 2 N–H and O–H groups in total. The van der Waals surface area contributed by atoms with Gasteiger partial charge in [0.15, 0.2) is 5.96 Å². The van der Waals surface area contributed by atoms with Crippen molar-refractivity contribution in [1.82, 2.24) is 10.6 Å². The van der Waals surface area contributed by atoms with Gasteiger partial charge in [0.2, 0.25) is 0 Å². The van der Waals surface area contributed by atoms with E-state index in [-0.39, 0.29) is 17.1 Å². The molecule has 1 fully saturated rings. The van der Waals surface area contributed by atoms with Gasteiger partial charge in [-0.15, -0.1) is 0 Å². The molecule has 1 saturated heterocycles. The Morgan fingerprint density at radius 1 is 1.14 bits per heavy atom. The van der Waals surface area contributed by atoms with E-state index in [4.69, 9.17) is 9.47 Å². The summed E-state index contributed by atoms with van der Waals surface area (Å²) in [7, 11) is 1.82. The van der Waals surface area contributed by atoms with Gasteiger partial charge in [0.1, 0.15) is 0 Å². The fourth-order valence-corrected chi connectivity index (χ4v) is 3.77. The first-order valence-corrected chi connectivity index (χ1v) is 10.9. The summed E-state index contributed by atoms with van der Waals surface area (Å²) in [5, 5.41) is 6.94. The molecule has 2 rings (SSSR count). The average Bonchev–Trinajstić information content (AvgIpc) is 2.66. The van der Waals surface area contributed by atoms with Gasteiger partial charge in [0.05, 0.1) is 18.3 Å². The van der Waals surface area contributed by atoms with Crippen LogP contribution in [0.1, 0.15) is 65.5 Å². The normalized spacial score (nSPS) is 21.1. The minimum Gasteiger partial charge on any atom is -0.377 e. The zero-order valence-electron chi connectivity index (χ0n) is 19.5. The second-order valence-corrected chi connectivity index (χ2v) is 10.1. The van der Waals surface area contributed by atoms with Crippen molar-refractivity contribution in [2.45, 2.75) is 79.2 Å². The predicted octanol–water partition coefficient (Wildman–Crippen LogP) is 4.51. The van der Waals surface area contributed by atoms with E-state index in [1.807, 2.05) is 7.05 Å². The van der Waals surface area contributed by atoms with E-state index >= 15 is 0 Å². The highest BCUT2D eigenvalue weighted by atomic mass is 16.5. The fourth-order valence-electron chi connectivity index (χ4n) is 3.77. The highest BCUT2D eigenvalue weighted by Gasteiger charge is 2.35. The van der Waals surface area contributed by atoms with E-state index in [9.17, 15) is 0 Å². The number of guanidine groups is 1. The van der Waals surface area contributed by atoms with Crippen LogP contribution >= 0.6 is 0 Å². The predicted molar refractivity (Wildman–Crippen MR) is 121 cm³/mol. The van der Waals surface area contributed by atoms with Crippen LogP contribution in [0.15, 0.2) is 29.3 Å². The molecule has 5 heteroatoms. The fraction of sp³-hybridized carbons (Fsp3) is 0.708. The molecule has 1 aromatic rings. The maximum Gasteiger partial charge on any atom is 0.191 e. The second-order valence-electron chi connectivity index (χ2n) is 10.1.